The van der Waals surface area contributed by atoms with Crippen LogP contribution in [0.2, 0.25) is 5.02 Å². The Morgan fingerprint density at radius 1 is 0.850 bits per heavy atom. The topological polar surface area (TPSA) is 147 Å². The molecular weight excluding hydrogens is 776 g/mol. The van der Waals surface area contributed by atoms with E-state index in [-0.39, 0.29) is 34.8 Å². The van der Waals surface area contributed by atoms with E-state index in [1.807, 2.05) is 55.7 Å². The van der Waals surface area contributed by atoms with Crippen LogP contribution in [-0.2, 0) is 9.53 Å². The van der Waals surface area contributed by atoms with Crippen molar-refractivity contribution in [1.82, 2.24) is 35.1 Å². The van der Waals surface area contributed by atoms with Gasteiger partial charge in [-0.2, -0.15) is 0 Å². The van der Waals surface area contributed by atoms with Gasteiger partial charge in [-0.05, 0) is 119 Å². The zero-order valence-electron chi connectivity index (χ0n) is 34.3. The van der Waals surface area contributed by atoms with Crippen LogP contribution in [0.25, 0.3) is 11.0 Å². The molecule has 13 heteroatoms. The standard InChI is InChI=1S/C47H51ClN8O4/c1-29-11-4-5-16-39(29)60-33-18-19-34(36(48)25-33)44(57)35-26-52-45-41(35)46(54-28-53-45)55-32-17-20-40(59-27-32)47(58)51-21-6-7-24-56-37(42-30(2)12-9-22-49-42)14-8-15-38(56)43-31(3)13-10-23-50-43/h4-5,9-13,16,18-19,22-23,25-26,28,32,37-38,40H,6-8,14-15,17,20-21,24,27H2,1-3H3,(H,51,58)(H2,52,53,54,55)/t32-,37-,38+,40+/m1/s1. The summed E-state index contributed by atoms with van der Waals surface area (Å²) in [6, 6.07) is 21.4. The molecule has 0 bridgehead atoms. The summed E-state index contributed by atoms with van der Waals surface area (Å²) in [6.45, 7) is 8.03. The van der Waals surface area contributed by atoms with Crippen LogP contribution in [0.4, 0.5) is 5.82 Å². The van der Waals surface area contributed by atoms with E-state index in [1.54, 1.807) is 24.4 Å². The van der Waals surface area contributed by atoms with Gasteiger partial charge in [-0.3, -0.25) is 24.5 Å². The molecule has 4 aromatic heterocycles. The lowest BCUT2D eigenvalue weighted by Crippen LogP contribution is -2.43. The van der Waals surface area contributed by atoms with Crippen LogP contribution in [0.1, 0.15) is 101 Å². The summed E-state index contributed by atoms with van der Waals surface area (Å²) in [5.41, 5.74) is 6.95. The number of para-hydroxylation sites is 1. The Morgan fingerprint density at radius 2 is 1.58 bits per heavy atom. The maximum absolute atomic E-state index is 13.9. The number of carbonyl (C=O) groups is 2. The number of rotatable bonds is 14. The number of fused-ring (bicyclic) bond motifs is 1. The number of aromatic amines is 1. The van der Waals surface area contributed by atoms with E-state index in [1.165, 1.54) is 17.5 Å². The average molecular weight is 827 g/mol. The molecule has 4 atom stereocenters. The third-order valence-electron chi connectivity index (χ3n) is 11.8. The Bertz CT molecular complexity index is 2410. The quantitative estimate of drug-likeness (QED) is 0.0718. The Hall–Kier alpha value is -5.69. The minimum atomic E-state index is -0.534. The Morgan fingerprint density at radius 3 is 2.27 bits per heavy atom. The summed E-state index contributed by atoms with van der Waals surface area (Å²) >= 11 is 6.66. The van der Waals surface area contributed by atoms with E-state index in [0.29, 0.717) is 65.5 Å². The van der Waals surface area contributed by atoms with Crippen LogP contribution in [-0.4, -0.2) is 73.4 Å². The number of nitrogens with zero attached hydrogens (tertiary/aromatic N) is 5. The number of H-pyrrole nitrogens is 1. The number of likely N-dealkylation sites (tertiary alicyclic amines) is 1. The fraction of sp³-hybridized carbons (Fsp3) is 0.362. The molecule has 6 aromatic rings. The van der Waals surface area contributed by atoms with Gasteiger partial charge in [0, 0.05) is 36.8 Å². The molecule has 1 amide bonds. The lowest BCUT2D eigenvalue weighted by Gasteiger charge is -2.42. The first-order valence-electron chi connectivity index (χ1n) is 20.9. The van der Waals surface area contributed by atoms with E-state index in [9.17, 15) is 9.59 Å². The van der Waals surface area contributed by atoms with Crippen LogP contribution >= 0.6 is 11.6 Å². The third kappa shape index (κ3) is 9.06. The number of piperidine rings is 1. The zero-order chi connectivity index (χ0) is 41.6. The van der Waals surface area contributed by atoms with Gasteiger partial charge in [0.2, 0.25) is 5.91 Å². The SMILES string of the molecule is Cc1ccccc1Oc1ccc(C(=O)c2c[nH]c3ncnc(N[C@@H]4CC[C@@H](C(=O)NCCCCN5[C@@H](c6ncccc6C)CCC[C@H]5c5ncccc5C)OC4)c23)c(Cl)c1. The van der Waals surface area contributed by atoms with Crippen molar-refractivity contribution in [3.8, 4) is 11.5 Å². The van der Waals surface area contributed by atoms with Gasteiger partial charge in [0.25, 0.3) is 0 Å². The molecule has 3 N–H and O–H groups in total. The first kappa shape index (κ1) is 41.1. The van der Waals surface area contributed by atoms with Crippen molar-refractivity contribution < 1.29 is 19.1 Å². The lowest BCUT2D eigenvalue weighted by atomic mass is 9.88. The molecule has 310 valence electrons. The third-order valence-corrected chi connectivity index (χ3v) is 12.1. The Kier molecular flexibility index (Phi) is 12.8. The number of hydrogen-bond donors (Lipinski definition) is 3. The Labute approximate surface area is 355 Å². The molecule has 60 heavy (non-hydrogen) atoms. The summed E-state index contributed by atoms with van der Waals surface area (Å²) in [4.78, 5) is 51.4. The van der Waals surface area contributed by atoms with Gasteiger partial charge >= 0.3 is 0 Å². The van der Waals surface area contributed by atoms with Gasteiger partial charge in [0.15, 0.2) is 5.78 Å². The molecule has 0 unspecified atom stereocenters. The number of hydrogen-bond acceptors (Lipinski definition) is 10. The van der Waals surface area contributed by atoms with Crippen molar-refractivity contribution in [3.63, 3.8) is 0 Å². The highest BCUT2D eigenvalue weighted by Crippen LogP contribution is 2.42. The number of ether oxygens (including phenoxy) is 2. The van der Waals surface area contributed by atoms with Crippen LogP contribution in [0.3, 0.4) is 0 Å². The van der Waals surface area contributed by atoms with Crippen LogP contribution in [0.5, 0.6) is 11.5 Å². The van der Waals surface area contributed by atoms with Gasteiger partial charge in [-0.25, -0.2) is 9.97 Å². The summed E-state index contributed by atoms with van der Waals surface area (Å²) in [5, 5.41) is 7.42. The van der Waals surface area contributed by atoms with Gasteiger partial charge in [0.05, 0.1) is 52.1 Å². The lowest BCUT2D eigenvalue weighted by molar-refractivity contribution is -0.135. The molecule has 6 heterocycles. The molecule has 0 aliphatic carbocycles. The fourth-order valence-corrected chi connectivity index (χ4v) is 8.85. The highest BCUT2D eigenvalue weighted by atomic mass is 35.5. The van der Waals surface area contributed by atoms with Crippen molar-refractivity contribution in [2.45, 2.75) is 89.9 Å². The number of nitrogens with one attached hydrogen (secondary N) is 3. The maximum Gasteiger partial charge on any atom is 0.249 e. The molecule has 8 rings (SSSR count). The summed E-state index contributed by atoms with van der Waals surface area (Å²) in [6.07, 6.45) is 12.6. The number of pyridine rings is 2. The molecular formula is C47H51ClN8O4. The predicted molar refractivity (Wildman–Crippen MR) is 233 cm³/mol. The first-order chi connectivity index (χ1) is 29.2. The molecule has 12 nitrogen and oxygen atoms in total. The van der Waals surface area contributed by atoms with E-state index in [4.69, 9.17) is 31.0 Å². The average Bonchev–Trinajstić information content (AvgIpc) is 3.70. The molecule has 2 aliphatic heterocycles. The van der Waals surface area contributed by atoms with Crippen LogP contribution in [0, 0.1) is 20.8 Å². The number of aromatic nitrogens is 5. The molecule has 0 spiro atoms. The van der Waals surface area contributed by atoms with Crippen molar-refractivity contribution in [3.05, 3.63) is 136 Å². The molecule has 2 aliphatic rings. The molecule has 0 radical (unpaired) electrons. The van der Waals surface area contributed by atoms with Gasteiger partial charge in [-0.15, -0.1) is 0 Å². The Balaban J connectivity index is 0.844. The number of anilines is 1. The van der Waals surface area contributed by atoms with Crippen LogP contribution in [0.15, 0.2) is 91.6 Å². The molecule has 0 saturated carbocycles. The predicted octanol–water partition coefficient (Wildman–Crippen LogP) is 9.17. The van der Waals surface area contributed by atoms with E-state index >= 15 is 0 Å². The second kappa shape index (κ2) is 18.7. The first-order valence-corrected chi connectivity index (χ1v) is 21.3. The number of unbranched alkanes of at least 4 members (excludes halogenated alkanes) is 1. The second-order valence-electron chi connectivity index (χ2n) is 15.8. The van der Waals surface area contributed by atoms with Crippen molar-refractivity contribution >= 4 is 40.1 Å². The number of carbonyl (C=O) groups excluding carboxylic acids is 2. The maximum atomic E-state index is 13.9. The molecule has 2 fully saturated rings. The van der Waals surface area contributed by atoms with Crippen LogP contribution < -0.4 is 15.4 Å². The van der Waals surface area contributed by atoms with E-state index < -0.39 is 6.10 Å². The second-order valence-corrected chi connectivity index (χ2v) is 16.2. The van der Waals surface area contributed by atoms with E-state index in [0.717, 1.165) is 55.6 Å². The van der Waals surface area contributed by atoms with Gasteiger partial charge in [0.1, 0.15) is 35.4 Å². The highest BCUT2D eigenvalue weighted by molar-refractivity contribution is 6.35. The largest absolute Gasteiger partial charge is 0.457 e. The molecule has 2 aromatic carbocycles. The summed E-state index contributed by atoms with van der Waals surface area (Å²) < 4.78 is 12.1. The van der Waals surface area contributed by atoms with Crippen molar-refractivity contribution in [1.29, 1.82) is 0 Å². The zero-order valence-corrected chi connectivity index (χ0v) is 35.0. The number of ketones is 1. The fourth-order valence-electron chi connectivity index (χ4n) is 8.59. The van der Waals surface area contributed by atoms with Crippen molar-refractivity contribution in [2.24, 2.45) is 0 Å². The number of aryl methyl sites for hydroxylation is 3. The smallest absolute Gasteiger partial charge is 0.249 e. The number of benzene rings is 2. The van der Waals surface area contributed by atoms with Gasteiger partial charge < -0.3 is 25.1 Å². The van der Waals surface area contributed by atoms with Gasteiger partial charge in [-0.1, -0.05) is 41.9 Å². The molecule has 2 saturated heterocycles. The monoisotopic (exact) mass is 826 g/mol. The highest BCUT2D eigenvalue weighted by Gasteiger charge is 2.35. The number of halogens is 1. The summed E-state index contributed by atoms with van der Waals surface area (Å²) in [5.74, 6) is 1.39. The number of amides is 1. The minimum Gasteiger partial charge on any atom is -0.457 e. The van der Waals surface area contributed by atoms with E-state index in [2.05, 4.69) is 56.5 Å². The summed E-state index contributed by atoms with van der Waals surface area (Å²) in [7, 11) is 0. The minimum absolute atomic E-state index is 0.0921. The normalized spacial score (nSPS) is 19.5. The van der Waals surface area contributed by atoms with Crippen molar-refractivity contribution in [2.75, 3.05) is 25.0 Å².